The molecule has 1 saturated carbocycles. The van der Waals surface area contributed by atoms with E-state index in [0.717, 1.165) is 48.3 Å². The molecule has 20 heavy (non-hydrogen) atoms. The Kier molecular flexibility index (Phi) is 5.21. The van der Waals surface area contributed by atoms with Gasteiger partial charge in [-0.25, -0.2) is 9.97 Å². The standard InChI is InChI=1S/C16H28N4/c1-5-10-17-15-11(3)16(20-14(6-2)19-15)18-12(4)13-8-7-9-13/h12-13H,5-10H2,1-4H3,(H2,17,18,19,20). The topological polar surface area (TPSA) is 49.8 Å². The Morgan fingerprint density at radius 2 is 1.90 bits per heavy atom. The van der Waals surface area contributed by atoms with E-state index in [1.165, 1.54) is 19.3 Å². The number of hydrogen-bond donors (Lipinski definition) is 2. The second-order valence-electron chi connectivity index (χ2n) is 5.87. The van der Waals surface area contributed by atoms with Crippen LogP contribution < -0.4 is 10.6 Å². The van der Waals surface area contributed by atoms with Crippen molar-refractivity contribution in [3.63, 3.8) is 0 Å². The zero-order chi connectivity index (χ0) is 14.5. The number of nitrogens with one attached hydrogen (secondary N) is 2. The van der Waals surface area contributed by atoms with E-state index in [4.69, 9.17) is 0 Å². The maximum atomic E-state index is 4.68. The van der Waals surface area contributed by atoms with Gasteiger partial charge in [-0.1, -0.05) is 20.3 Å². The van der Waals surface area contributed by atoms with Crippen LogP contribution in [0.5, 0.6) is 0 Å². The lowest BCUT2D eigenvalue weighted by atomic mass is 9.80. The summed E-state index contributed by atoms with van der Waals surface area (Å²) in [5.41, 5.74) is 1.14. The van der Waals surface area contributed by atoms with E-state index >= 15 is 0 Å². The van der Waals surface area contributed by atoms with Crippen molar-refractivity contribution < 1.29 is 0 Å². The van der Waals surface area contributed by atoms with Gasteiger partial charge in [0, 0.05) is 24.6 Å². The van der Waals surface area contributed by atoms with Crippen LogP contribution >= 0.6 is 0 Å². The quantitative estimate of drug-likeness (QED) is 0.796. The molecule has 1 fully saturated rings. The smallest absolute Gasteiger partial charge is 0.134 e. The van der Waals surface area contributed by atoms with Crippen LogP contribution in [0.15, 0.2) is 0 Å². The second kappa shape index (κ2) is 6.91. The van der Waals surface area contributed by atoms with E-state index in [0.29, 0.717) is 6.04 Å². The van der Waals surface area contributed by atoms with Crippen molar-refractivity contribution in [2.75, 3.05) is 17.2 Å². The monoisotopic (exact) mass is 276 g/mol. The number of nitrogens with zero attached hydrogens (tertiary/aromatic N) is 2. The van der Waals surface area contributed by atoms with Crippen LogP contribution in [0.2, 0.25) is 0 Å². The summed E-state index contributed by atoms with van der Waals surface area (Å²) >= 11 is 0. The van der Waals surface area contributed by atoms with E-state index in [1.807, 2.05) is 0 Å². The summed E-state index contributed by atoms with van der Waals surface area (Å²) in [7, 11) is 0. The molecule has 1 aromatic heterocycles. The molecule has 0 aromatic carbocycles. The third kappa shape index (κ3) is 3.41. The number of aryl methyl sites for hydroxylation is 1. The van der Waals surface area contributed by atoms with E-state index < -0.39 is 0 Å². The highest BCUT2D eigenvalue weighted by molar-refractivity contribution is 5.57. The van der Waals surface area contributed by atoms with Crippen LogP contribution in [0.4, 0.5) is 11.6 Å². The van der Waals surface area contributed by atoms with Crippen molar-refractivity contribution in [1.29, 1.82) is 0 Å². The Hall–Kier alpha value is -1.32. The predicted octanol–water partition coefficient (Wildman–Crippen LogP) is 3.77. The van der Waals surface area contributed by atoms with Gasteiger partial charge in [-0.15, -0.1) is 0 Å². The highest BCUT2D eigenvalue weighted by atomic mass is 15.1. The van der Waals surface area contributed by atoms with Crippen LogP contribution in [0.1, 0.15) is 57.8 Å². The summed E-state index contributed by atoms with van der Waals surface area (Å²) in [6.45, 7) is 9.61. The molecule has 0 bridgehead atoms. The molecule has 2 N–H and O–H groups in total. The Labute approximate surface area is 122 Å². The largest absolute Gasteiger partial charge is 0.370 e. The van der Waals surface area contributed by atoms with E-state index in [1.54, 1.807) is 0 Å². The lowest BCUT2D eigenvalue weighted by Crippen LogP contribution is -2.31. The third-order valence-corrected chi connectivity index (χ3v) is 4.27. The number of anilines is 2. The number of aromatic nitrogens is 2. The Bertz CT molecular complexity index is 440. The Morgan fingerprint density at radius 1 is 1.20 bits per heavy atom. The molecule has 4 nitrogen and oxygen atoms in total. The van der Waals surface area contributed by atoms with Gasteiger partial charge < -0.3 is 10.6 Å². The molecule has 0 radical (unpaired) electrons. The van der Waals surface area contributed by atoms with Gasteiger partial charge >= 0.3 is 0 Å². The third-order valence-electron chi connectivity index (χ3n) is 4.27. The summed E-state index contributed by atoms with van der Waals surface area (Å²) in [6.07, 6.45) is 6.04. The van der Waals surface area contributed by atoms with E-state index in [9.17, 15) is 0 Å². The van der Waals surface area contributed by atoms with Crippen LogP contribution in [0.25, 0.3) is 0 Å². The molecule has 0 spiro atoms. The summed E-state index contributed by atoms with van der Waals surface area (Å²) in [5.74, 6) is 3.72. The minimum absolute atomic E-state index is 0.501. The minimum atomic E-state index is 0.501. The Balaban J connectivity index is 2.16. The molecule has 0 aliphatic heterocycles. The van der Waals surface area contributed by atoms with Gasteiger partial charge in [0.2, 0.25) is 0 Å². The van der Waals surface area contributed by atoms with Gasteiger partial charge in [0.05, 0.1) is 0 Å². The molecular weight excluding hydrogens is 248 g/mol. The van der Waals surface area contributed by atoms with Crippen molar-refractivity contribution in [2.45, 2.75) is 65.8 Å². The molecule has 1 aliphatic carbocycles. The normalized spacial score (nSPS) is 16.6. The first-order chi connectivity index (χ1) is 9.65. The highest BCUT2D eigenvalue weighted by Gasteiger charge is 2.24. The zero-order valence-corrected chi connectivity index (χ0v) is 13.3. The molecule has 1 unspecified atom stereocenters. The van der Waals surface area contributed by atoms with Gasteiger partial charge in [-0.2, -0.15) is 0 Å². The molecule has 1 heterocycles. The maximum absolute atomic E-state index is 4.68. The lowest BCUT2D eigenvalue weighted by molar-refractivity contribution is 0.285. The fraction of sp³-hybridized carbons (Fsp3) is 0.750. The molecule has 1 aromatic rings. The average Bonchev–Trinajstić information content (AvgIpc) is 2.37. The predicted molar refractivity (Wildman–Crippen MR) is 85.4 cm³/mol. The van der Waals surface area contributed by atoms with Crippen LogP contribution in [-0.2, 0) is 6.42 Å². The zero-order valence-electron chi connectivity index (χ0n) is 13.3. The number of hydrogen-bond acceptors (Lipinski definition) is 4. The van der Waals surface area contributed by atoms with E-state index in [2.05, 4.69) is 48.3 Å². The molecule has 0 saturated heterocycles. The van der Waals surface area contributed by atoms with E-state index in [-0.39, 0.29) is 0 Å². The Morgan fingerprint density at radius 3 is 2.45 bits per heavy atom. The molecule has 4 heteroatoms. The molecule has 112 valence electrons. The van der Waals surface area contributed by atoms with Gasteiger partial charge in [-0.05, 0) is 39.0 Å². The molecular formula is C16H28N4. The first-order valence-electron chi connectivity index (χ1n) is 8.03. The van der Waals surface area contributed by atoms with Gasteiger partial charge in [0.1, 0.15) is 17.5 Å². The average molecular weight is 276 g/mol. The molecule has 0 amide bonds. The van der Waals surface area contributed by atoms with Gasteiger partial charge in [0.25, 0.3) is 0 Å². The van der Waals surface area contributed by atoms with Crippen molar-refractivity contribution in [2.24, 2.45) is 5.92 Å². The van der Waals surface area contributed by atoms with Crippen molar-refractivity contribution in [1.82, 2.24) is 9.97 Å². The van der Waals surface area contributed by atoms with Crippen molar-refractivity contribution in [3.05, 3.63) is 11.4 Å². The second-order valence-corrected chi connectivity index (χ2v) is 5.87. The fourth-order valence-electron chi connectivity index (χ4n) is 2.55. The minimum Gasteiger partial charge on any atom is -0.370 e. The van der Waals surface area contributed by atoms with Gasteiger partial charge in [-0.3, -0.25) is 0 Å². The van der Waals surface area contributed by atoms with Crippen LogP contribution in [0, 0.1) is 12.8 Å². The first-order valence-corrected chi connectivity index (χ1v) is 8.03. The van der Waals surface area contributed by atoms with Gasteiger partial charge in [0.15, 0.2) is 0 Å². The molecule has 1 atom stereocenters. The highest BCUT2D eigenvalue weighted by Crippen LogP contribution is 2.31. The van der Waals surface area contributed by atoms with Crippen molar-refractivity contribution >= 4 is 11.6 Å². The maximum Gasteiger partial charge on any atom is 0.134 e. The first kappa shape index (κ1) is 15.1. The summed E-state index contributed by atoms with van der Waals surface area (Å²) in [6, 6.07) is 0.501. The summed E-state index contributed by atoms with van der Waals surface area (Å²) in [4.78, 5) is 9.29. The SMILES string of the molecule is CCCNc1nc(CC)nc(NC(C)C2CCC2)c1C. The van der Waals surface area contributed by atoms with Crippen LogP contribution in [0.3, 0.4) is 0 Å². The lowest BCUT2D eigenvalue weighted by Gasteiger charge is -2.32. The van der Waals surface area contributed by atoms with Crippen molar-refractivity contribution in [3.8, 4) is 0 Å². The van der Waals surface area contributed by atoms with Crippen LogP contribution in [-0.4, -0.2) is 22.6 Å². The molecule has 1 aliphatic rings. The summed E-state index contributed by atoms with van der Waals surface area (Å²) in [5, 5.41) is 7.03. The number of rotatable bonds is 7. The summed E-state index contributed by atoms with van der Waals surface area (Å²) < 4.78 is 0. The fourth-order valence-corrected chi connectivity index (χ4v) is 2.55. The molecule has 2 rings (SSSR count).